The molecule has 0 rings (SSSR count). The van der Waals surface area contributed by atoms with Gasteiger partial charge in [-0.15, -0.1) is 6.58 Å². The van der Waals surface area contributed by atoms with Gasteiger partial charge in [0.1, 0.15) is 6.04 Å². The fourth-order valence-electron chi connectivity index (χ4n) is 2.04. The predicted octanol–water partition coefficient (Wildman–Crippen LogP) is 3.52. The topological polar surface area (TPSA) is 66.4 Å². The normalized spacial score (nSPS) is 12.2. The number of hydrogen-bond donors (Lipinski definition) is 2. The summed E-state index contributed by atoms with van der Waals surface area (Å²) in [4.78, 5) is 22.6. The second-order valence-corrected chi connectivity index (χ2v) is 5.58. The molecule has 0 aliphatic carbocycles. The molecule has 0 aromatic rings. The Balaban J connectivity index is 3.62. The van der Waals surface area contributed by atoms with Crippen LogP contribution in [-0.2, 0) is 9.59 Å². The number of amides is 1. The molecule has 1 amide bonds. The van der Waals surface area contributed by atoms with Crippen molar-refractivity contribution in [1.29, 1.82) is 0 Å². The van der Waals surface area contributed by atoms with Crippen LogP contribution in [0.15, 0.2) is 12.7 Å². The van der Waals surface area contributed by atoms with Crippen molar-refractivity contribution in [1.82, 2.24) is 5.32 Å². The van der Waals surface area contributed by atoms with Crippen molar-refractivity contribution < 1.29 is 14.7 Å². The molecule has 0 fully saturated rings. The molecule has 0 aromatic carbocycles. The lowest BCUT2D eigenvalue weighted by Gasteiger charge is -2.17. The van der Waals surface area contributed by atoms with Crippen molar-refractivity contribution in [3.05, 3.63) is 12.7 Å². The highest BCUT2D eigenvalue weighted by Gasteiger charge is 2.22. The van der Waals surface area contributed by atoms with Crippen LogP contribution in [0, 0.1) is 5.92 Å². The lowest BCUT2D eigenvalue weighted by Crippen LogP contribution is -2.44. The summed E-state index contributed by atoms with van der Waals surface area (Å²) >= 11 is 0. The number of allylic oxidation sites excluding steroid dienone is 1. The zero-order chi connectivity index (χ0) is 15.4. The summed E-state index contributed by atoms with van der Waals surface area (Å²) in [6, 6.07) is -0.776. The molecule has 0 radical (unpaired) electrons. The van der Waals surface area contributed by atoms with Crippen LogP contribution in [0.3, 0.4) is 0 Å². The first-order chi connectivity index (χ1) is 9.49. The van der Waals surface area contributed by atoms with Crippen LogP contribution in [0.2, 0.25) is 0 Å². The molecule has 0 unspecified atom stereocenters. The molecule has 0 aliphatic heterocycles. The van der Waals surface area contributed by atoms with Gasteiger partial charge < -0.3 is 10.4 Å². The van der Waals surface area contributed by atoms with Crippen LogP contribution in [0.4, 0.5) is 0 Å². The summed E-state index contributed by atoms with van der Waals surface area (Å²) in [7, 11) is 0. The first kappa shape index (κ1) is 18.7. The van der Waals surface area contributed by atoms with Crippen molar-refractivity contribution in [2.45, 2.75) is 71.3 Å². The summed E-state index contributed by atoms with van der Waals surface area (Å²) in [5.41, 5.74) is 0. The van der Waals surface area contributed by atoms with Gasteiger partial charge in [0.05, 0.1) is 0 Å². The molecule has 2 N–H and O–H groups in total. The van der Waals surface area contributed by atoms with Gasteiger partial charge in [0.15, 0.2) is 0 Å². The average Bonchev–Trinajstić information content (AvgIpc) is 2.38. The minimum atomic E-state index is -0.962. The van der Waals surface area contributed by atoms with E-state index < -0.39 is 12.0 Å². The molecule has 0 saturated heterocycles. The van der Waals surface area contributed by atoms with Crippen LogP contribution >= 0.6 is 0 Å². The van der Waals surface area contributed by atoms with Crippen molar-refractivity contribution >= 4 is 11.9 Å². The fraction of sp³-hybridized carbons (Fsp3) is 0.750. The number of carboxylic acid groups (broad SMARTS) is 1. The van der Waals surface area contributed by atoms with Crippen molar-refractivity contribution in [3.63, 3.8) is 0 Å². The Kier molecular flexibility index (Phi) is 10.7. The summed E-state index contributed by atoms with van der Waals surface area (Å²) in [5, 5.41) is 11.6. The van der Waals surface area contributed by atoms with Crippen molar-refractivity contribution in [3.8, 4) is 0 Å². The van der Waals surface area contributed by atoms with Crippen molar-refractivity contribution in [2.75, 3.05) is 0 Å². The predicted molar refractivity (Wildman–Crippen MR) is 81.5 cm³/mol. The van der Waals surface area contributed by atoms with Gasteiger partial charge in [0, 0.05) is 6.42 Å². The van der Waals surface area contributed by atoms with Gasteiger partial charge in [0.2, 0.25) is 5.91 Å². The Morgan fingerprint density at radius 3 is 2.15 bits per heavy atom. The van der Waals surface area contributed by atoms with Gasteiger partial charge in [0.25, 0.3) is 0 Å². The smallest absolute Gasteiger partial charge is 0.326 e. The third-order valence-corrected chi connectivity index (χ3v) is 3.31. The van der Waals surface area contributed by atoms with E-state index in [0.717, 1.165) is 25.7 Å². The first-order valence-electron chi connectivity index (χ1n) is 7.62. The SMILES string of the molecule is C=CCCCCCCCCC(=O)N[C@@H](C(=O)O)C(C)C. The number of carbonyl (C=O) groups excluding carboxylic acids is 1. The highest BCUT2D eigenvalue weighted by atomic mass is 16.4. The van der Waals surface area contributed by atoms with Gasteiger partial charge >= 0.3 is 5.97 Å². The highest BCUT2D eigenvalue weighted by molar-refractivity contribution is 5.83. The zero-order valence-electron chi connectivity index (χ0n) is 12.9. The standard InChI is InChI=1S/C16H29NO3/c1-4-5-6-7-8-9-10-11-12-14(18)17-15(13(2)3)16(19)20/h4,13,15H,1,5-12H2,2-3H3,(H,17,18)(H,19,20)/t15-/m1/s1. The first-order valence-corrected chi connectivity index (χ1v) is 7.62. The molecular formula is C16H29NO3. The molecule has 4 heteroatoms. The number of unbranched alkanes of at least 4 members (excludes halogenated alkanes) is 6. The van der Waals surface area contributed by atoms with E-state index in [-0.39, 0.29) is 11.8 Å². The van der Waals surface area contributed by atoms with E-state index in [9.17, 15) is 9.59 Å². The molecule has 0 spiro atoms. The Morgan fingerprint density at radius 1 is 1.10 bits per heavy atom. The maximum Gasteiger partial charge on any atom is 0.326 e. The summed E-state index contributed by atoms with van der Waals surface area (Å²) < 4.78 is 0. The number of rotatable bonds is 12. The maximum absolute atomic E-state index is 11.7. The summed E-state index contributed by atoms with van der Waals surface area (Å²) in [6.07, 6.45) is 10.0. The number of hydrogen-bond acceptors (Lipinski definition) is 2. The Bertz CT molecular complexity index is 300. The number of carbonyl (C=O) groups is 2. The van der Waals surface area contributed by atoms with E-state index in [2.05, 4.69) is 11.9 Å². The molecular weight excluding hydrogens is 254 g/mol. The maximum atomic E-state index is 11.7. The monoisotopic (exact) mass is 283 g/mol. The van der Waals surface area contributed by atoms with E-state index in [1.807, 2.05) is 6.08 Å². The number of aliphatic carboxylic acids is 1. The van der Waals surface area contributed by atoms with Gasteiger partial charge in [-0.1, -0.05) is 45.6 Å². The third-order valence-electron chi connectivity index (χ3n) is 3.31. The molecule has 20 heavy (non-hydrogen) atoms. The third kappa shape index (κ3) is 9.59. The van der Waals surface area contributed by atoms with Crippen LogP contribution in [0.5, 0.6) is 0 Å². The quantitative estimate of drug-likeness (QED) is 0.425. The summed E-state index contributed by atoms with van der Waals surface area (Å²) in [5.74, 6) is -1.21. The minimum Gasteiger partial charge on any atom is -0.480 e. The van der Waals surface area contributed by atoms with E-state index in [0.29, 0.717) is 6.42 Å². The van der Waals surface area contributed by atoms with Crippen LogP contribution in [0.25, 0.3) is 0 Å². The molecule has 116 valence electrons. The lowest BCUT2D eigenvalue weighted by atomic mass is 10.0. The van der Waals surface area contributed by atoms with Crippen LogP contribution in [-0.4, -0.2) is 23.0 Å². The van der Waals surface area contributed by atoms with Gasteiger partial charge in [-0.05, 0) is 25.2 Å². The second-order valence-electron chi connectivity index (χ2n) is 5.58. The van der Waals surface area contributed by atoms with E-state index in [4.69, 9.17) is 5.11 Å². The van der Waals surface area contributed by atoms with Gasteiger partial charge in [-0.2, -0.15) is 0 Å². The molecule has 4 nitrogen and oxygen atoms in total. The Hall–Kier alpha value is -1.32. The lowest BCUT2D eigenvalue weighted by molar-refractivity contribution is -0.143. The largest absolute Gasteiger partial charge is 0.480 e. The molecule has 0 aromatic heterocycles. The van der Waals surface area contributed by atoms with Crippen LogP contribution in [0.1, 0.15) is 65.2 Å². The van der Waals surface area contributed by atoms with Gasteiger partial charge in [-0.25, -0.2) is 4.79 Å². The van der Waals surface area contributed by atoms with Crippen LogP contribution < -0.4 is 5.32 Å². The van der Waals surface area contributed by atoms with Gasteiger partial charge in [-0.3, -0.25) is 4.79 Å². The molecule has 0 aliphatic rings. The number of nitrogens with one attached hydrogen (secondary N) is 1. The Morgan fingerprint density at radius 2 is 1.65 bits per heavy atom. The molecule has 1 atom stereocenters. The summed E-state index contributed by atoms with van der Waals surface area (Å²) in [6.45, 7) is 7.28. The average molecular weight is 283 g/mol. The Labute approximate surface area is 122 Å². The van der Waals surface area contributed by atoms with Crippen molar-refractivity contribution in [2.24, 2.45) is 5.92 Å². The second kappa shape index (κ2) is 11.5. The van der Waals surface area contributed by atoms with E-state index in [1.165, 1.54) is 19.3 Å². The molecule has 0 heterocycles. The fourth-order valence-corrected chi connectivity index (χ4v) is 2.04. The van der Waals surface area contributed by atoms with E-state index >= 15 is 0 Å². The van der Waals surface area contributed by atoms with E-state index in [1.54, 1.807) is 13.8 Å². The minimum absolute atomic E-state index is 0.0960. The number of carboxylic acids is 1. The zero-order valence-corrected chi connectivity index (χ0v) is 12.9. The highest BCUT2D eigenvalue weighted by Crippen LogP contribution is 2.09. The molecule has 0 bridgehead atoms. The molecule has 0 saturated carbocycles.